The molecule has 3 N–H and O–H groups in total. The maximum atomic E-state index is 5.63. The van der Waals surface area contributed by atoms with Crippen LogP contribution in [0.4, 0.5) is 5.82 Å². The smallest absolute Gasteiger partial charge is 0.169 e. The Kier molecular flexibility index (Phi) is 2.46. The Labute approximate surface area is 85.6 Å². The number of nitrogen functional groups attached to an aromatic ring is 1. The van der Waals surface area contributed by atoms with Crippen molar-refractivity contribution in [2.24, 2.45) is 0 Å². The van der Waals surface area contributed by atoms with Crippen LogP contribution >= 0.6 is 0 Å². The van der Waals surface area contributed by atoms with E-state index in [-0.39, 0.29) is 0 Å². The van der Waals surface area contributed by atoms with Gasteiger partial charge in [0.05, 0.1) is 7.11 Å². The van der Waals surface area contributed by atoms with Gasteiger partial charge in [-0.25, -0.2) is 15.0 Å². The van der Waals surface area contributed by atoms with E-state index in [4.69, 9.17) is 5.73 Å². The average molecular weight is 206 g/mol. The number of nitrogens with two attached hydrogens (primary N) is 1. The predicted molar refractivity (Wildman–Crippen MR) is 55.2 cm³/mol. The minimum absolute atomic E-state index is 0.367. The largest absolute Gasteiger partial charge is 0.382 e. The minimum atomic E-state index is 0.367. The van der Waals surface area contributed by atoms with Crippen molar-refractivity contribution >= 4 is 23.2 Å². The van der Waals surface area contributed by atoms with Crippen LogP contribution in [0.25, 0.3) is 17.4 Å². The second-order valence-corrected chi connectivity index (χ2v) is 2.72. The zero-order valence-corrected chi connectivity index (χ0v) is 8.08. The lowest BCUT2D eigenvalue weighted by molar-refractivity contribution is 0.129. The van der Waals surface area contributed by atoms with Crippen LogP contribution < -0.4 is 11.2 Å². The van der Waals surface area contributed by atoms with Gasteiger partial charge in [0.1, 0.15) is 12.7 Å². The van der Waals surface area contributed by atoms with E-state index in [9.17, 15) is 0 Å². The van der Waals surface area contributed by atoms with Gasteiger partial charge in [-0.3, -0.25) is 14.9 Å². The van der Waals surface area contributed by atoms with E-state index in [1.54, 1.807) is 23.3 Å². The van der Waals surface area contributed by atoms with Crippen molar-refractivity contribution in [3.05, 3.63) is 18.9 Å². The number of nitrogens with one attached hydrogen (secondary N) is 1. The van der Waals surface area contributed by atoms with Crippen LogP contribution in [-0.2, 0) is 4.84 Å². The molecule has 7 heteroatoms. The lowest BCUT2D eigenvalue weighted by atomic mass is 10.5. The predicted octanol–water partition coefficient (Wildman–Crippen LogP) is -0.0123. The Bertz CT molecular complexity index is 491. The normalized spacial score (nSPS) is 11.3. The topological polar surface area (TPSA) is 90.9 Å². The molecule has 0 amide bonds. The van der Waals surface area contributed by atoms with E-state index >= 15 is 0 Å². The molecular weight excluding hydrogens is 196 g/mol. The van der Waals surface area contributed by atoms with Crippen LogP contribution in [0.1, 0.15) is 0 Å². The van der Waals surface area contributed by atoms with E-state index in [2.05, 4.69) is 25.3 Å². The third-order valence-corrected chi connectivity index (χ3v) is 1.81. The summed E-state index contributed by atoms with van der Waals surface area (Å²) in [5, 5.41) is 0. The number of fused-ring (bicyclic) bond motifs is 1. The Morgan fingerprint density at radius 1 is 1.47 bits per heavy atom. The second kappa shape index (κ2) is 3.93. The van der Waals surface area contributed by atoms with Gasteiger partial charge in [-0.15, -0.1) is 0 Å². The summed E-state index contributed by atoms with van der Waals surface area (Å²) in [6.45, 7) is 0. The fourth-order valence-electron chi connectivity index (χ4n) is 1.16. The van der Waals surface area contributed by atoms with Crippen molar-refractivity contribution in [2.75, 3.05) is 12.8 Å². The Morgan fingerprint density at radius 3 is 3.13 bits per heavy atom. The highest BCUT2D eigenvalue weighted by molar-refractivity contribution is 5.82. The number of anilines is 1. The van der Waals surface area contributed by atoms with Crippen LogP contribution in [0.2, 0.25) is 0 Å². The summed E-state index contributed by atoms with van der Waals surface area (Å²) >= 11 is 0. The van der Waals surface area contributed by atoms with Gasteiger partial charge in [0, 0.05) is 12.4 Å². The first-order valence-electron chi connectivity index (χ1n) is 4.21. The van der Waals surface area contributed by atoms with Crippen molar-refractivity contribution < 1.29 is 4.84 Å². The average Bonchev–Trinajstić information content (AvgIpc) is 2.64. The van der Waals surface area contributed by atoms with Crippen molar-refractivity contribution in [1.29, 1.82) is 0 Å². The molecule has 0 aliphatic heterocycles. The minimum Gasteiger partial charge on any atom is -0.382 e. The molecule has 2 aromatic rings. The molecule has 7 nitrogen and oxygen atoms in total. The molecule has 78 valence electrons. The van der Waals surface area contributed by atoms with E-state index in [0.29, 0.717) is 17.0 Å². The molecule has 0 saturated carbocycles. The first kappa shape index (κ1) is 9.41. The Balaban J connectivity index is 2.41. The van der Waals surface area contributed by atoms with Crippen molar-refractivity contribution in [2.45, 2.75) is 0 Å². The lowest BCUT2D eigenvalue weighted by Crippen LogP contribution is -2.01. The first-order chi connectivity index (χ1) is 7.33. The maximum Gasteiger partial charge on any atom is 0.169 e. The summed E-state index contributed by atoms with van der Waals surface area (Å²) in [6, 6.07) is 0. The lowest BCUT2D eigenvalue weighted by Gasteiger charge is -1.96. The van der Waals surface area contributed by atoms with Crippen LogP contribution in [0.5, 0.6) is 0 Å². The SMILES string of the molecule is CONC=Cn1cnc2c(N)ncnc21. The zero-order chi connectivity index (χ0) is 10.7. The van der Waals surface area contributed by atoms with Gasteiger partial charge in [-0.1, -0.05) is 0 Å². The number of imidazole rings is 1. The van der Waals surface area contributed by atoms with Gasteiger partial charge >= 0.3 is 0 Å². The summed E-state index contributed by atoms with van der Waals surface area (Å²) < 4.78 is 1.71. The molecule has 15 heavy (non-hydrogen) atoms. The third kappa shape index (κ3) is 1.72. The summed E-state index contributed by atoms with van der Waals surface area (Å²) in [4.78, 5) is 16.7. The van der Waals surface area contributed by atoms with E-state index in [0.717, 1.165) is 0 Å². The number of hydrogen-bond donors (Lipinski definition) is 2. The molecule has 0 aliphatic carbocycles. The number of hydroxylamine groups is 1. The zero-order valence-electron chi connectivity index (χ0n) is 8.08. The molecule has 0 radical (unpaired) electrons. The highest BCUT2D eigenvalue weighted by atomic mass is 16.6. The Hall–Kier alpha value is -2.15. The molecule has 2 rings (SSSR count). The number of rotatable bonds is 3. The monoisotopic (exact) mass is 206 g/mol. The molecule has 0 spiro atoms. The summed E-state index contributed by atoms with van der Waals surface area (Å²) in [6.07, 6.45) is 6.32. The summed E-state index contributed by atoms with van der Waals surface area (Å²) in [7, 11) is 1.52. The summed E-state index contributed by atoms with van der Waals surface area (Å²) in [5.74, 6) is 0.367. The molecule has 0 atom stereocenters. The van der Waals surface area contributed by atoms with E-state index in [1.165, 1.54) is 13.4 Å². The molecule has 2 aromatic heterocycles. The van der Waals surface area contributed by atoms with Gasteiger partial charge in [0.25, 0.3) is 0 Å². The van der Waals surface area contributed by atoms with Gasteiger partial charge < -0.3 is 5.73 Å². The van der Waals surface area contributed by atoms with Crippen molar-refractivity contribution in [3.63, 3.8) is 0 Å². The van der Waals surface area contributed by atoms with Gasteiger partial charge in [-0.05, 0) is 0 Å². The van der Waals surface area contributed by atoms with Gasteiger partial charge in [0.15, 0.2) is 17.0 Å². The standard InChI is InChI=1S/C8H10N6O/c1-15-13-2-3-14-5-12-6-7(9)10-4-11-8(6)14/h2-5,13H,1H3,(H2,9,10,11). The highest BCUT2D eigenvalue weighted by Gasteiger charge is 2.04. The number of hydrogen-bond acceptors (Lipinski definition) is 6. The molecule has 0 saturated heterocycles. The molecule has 0 unspecified atom stereocenters. The third-order valence-electron chi connectivity index (χ3n) is 1.81. The molecule has 0 aromatic carbocycles. The van der Waals surface area contributed by atoms with Crippen LogP contribution in [-0.4, -0.2) is 26.6 Å². The van der Waals surface area contributed by atoms with Crippen LogP contribution in [0.15, 0.2) is 18.9 Å². The Morgan fingerprint density at radius 2 is 2.33 bits per heavy atom. The molecule has 2 heterocycles. The maximum absolute atomic E-state index is 5.63. The van der Waals surface area contributed by atoms with Crippen LogP contribution in [0, 0.1) is 0 Å². The van der Waals surface area contributed by atoms with Crippen LogP contribution in [0.3, 0.4) is 0 Å². The molecule has 0 fully saturated rings. The molecular formula is C8H10N6O. The van der Waals surface area contributed by atoms with Gasteiger partial charge in [0.2, 0.25) is 0 Å². The highest BCUT2D eigenvalue weighted by Crippen LogP contribution is 2.13. The second-order valence-electron chi connectivity index (χ2n) is 2.72. The van der Waals surface area contributed by atoms with Crippen molar-refractivity contribution in [3.8, 4) is 0 Å². The van der Waals surface area contributed by atoms with Crippen molar-refractivity contribution in [1.82, 2.24) is 25.0 Å². The molecule has 0 aliphatic rings. The number of nitrogens with zero attached hydrogens (tertiary/aromatic N) is 4. The fraction of sp³-hybridized carbons (Fsp3) is 0.125. The van der Waals surface area contributed by atoms with E-state index < -0.39 is 0 Å². The molecule has 0 bridgehead atoms. The quantitative estimate of drug-likeness (QED) is 0.686. The summed E-state index contributed by atoms with van der Waals surface area (Å²) in [5.41, 5.74) is 9.43. The van der Waals surface area contributed by atoms with Gasteiger partial charge in [-0.2, -0.15) is 0 Å². The fourth-order valence-corrected chi connectivity index (χ4v) is 1.16. The first-order valence-corrected chi connectivity index (χ1v) is 4.21. The van der Waals surface area contributed by atoms with E-state index in [1.807, 2.05) is 0 Å². The number of aromatic nitrogens is 4.